The highest BCUT2D eigenvalue weighted by Gasteiger charge is 2.48. The Hall–Kier alpha value is -1.09. The van der Waals surface area contributed by atoms with Gasteiger partial charge in [-0.2, -0.15) is 0 Å². The highest BCUT2D eigenvalue weighted by atomic mass is 16.5. The van der Waals surface area contributed by atoms with E-state index < -0.39 is 5.60 Å². The maximum atomic E-state index is 11.2. The van der Waals surface area contributed by atoms with Crippen molar-refractivity contribution in [2.75, 3.05) is 6.61 Å². The standard InChI is InChI=1S/C21H34O3/c1-6-20(4,23)12-11-18-15(2)10-13-21(5)17(14-24-16(3)22)8-7-9-19(18)21/h6,8,15,18-19,23H,1,7,9-14H2,2-5H3/t15-,18+,19-,20?,21-/m1/s1. The lowest BCUT2D eigenvalue weighted by Gasteiger charge is -2.52. The third-order valence-corrected chi connectivity index (χ3v) is 6.64. The molecule has 3 heteroatoms. The second kappa shape index (κ2) is 7.43. The Morgan fingerprint density at radius 2 is 2.25 bits per heavy atom. The molecule has 3 nitrogen and oxygen atoms in total. The molecule has 0 radical (unpaired) electrons. The van der Waals surface area contributed by atoms with E-state index in [1.54, 1.807) is 6.08 Å². The van der Waals surface area contributed by atoms with Crippen molar-refractivity contribution in [3.8, 4) is 0 Å². The number of carbonyl (C=O) groups excluding carboxylic acids is 1. The molecule has 2 rings (SSSR count). The fourth-order valence-corrected chi connectivity index (χ4v) is 4.85. The molecule has 2 aliphatic carbocycles. The summed E-state index contributed by atoms with van der Waals surface area (Å²) in [6, 6.07) is 0. The first-order valence-electron chi connectivity index (χ1n) is 9.38. The van der Waals surface area contributed by atoms with Crippen molar-refractivity contribution in [1.29, 1.82) is 0 Å². The first-order chi connectivity index (χ1) is 11.2. The van der Waals surface area contributed by atoms with Gasteiger partial charge in [-0.15, -0.1) is 6.58 Å². The molecular formula is C21H34O3. The molecule has 0 bridgehead atoms. The average molecular weight is 335 g/mol. The highest BCUT2D eigenvalue weighted by molar-refractivity contribution is 5.66. The summed E-state index contributed by atoms with van der Waals surface area (Å²) in [5, 5.41) is 10.3. The molecule has 1 saturated carbocycles. The molecule has 136 valence electrons. The Morgan fingerprint density at radius 3 is 2.88 bits per heavy atom. The average Bonchev–Trinajstić information content (AvgIpc) is 2.52. The van der Waals surface area contributed by atoms with Gasteiger partial charge < -0.3 is 9.84 Å². The summed E-state index contributed by atoms with van der Waals surface area (Å²) in [6.07, 6.45) is 10.4. The summed E-state index contributed by atoms with van der Waals surface area (Å²) < 4.78 is 5.33. The molecule has 0 aliphatic heterocycles. The van der Waals surface area contributed by atoms with E-state index in [1.165, 1.54) is 31.8 Å². The van der Waals surface area contributed by atoms with Gasteiger partial charge in [0.25, 0.3) is 0 Å². The summed E-state index contributed by atoms with van der Waals surface area (Å²) in [5.74, 6) is 1.69. The smallest absolute Gasteiger partial charge is 0.302 e. The summed E-state index contributed by atoms with van der Waals surface area (Å²) in [7, 11) is 0. The minimum atomic E-state index is -0.779. The van der Waals surface area contributed by atoms with Gasteiger partial charge in [0.2, 0.25) is 0 Å². The second-order valence-corrected chi connectivity index (χ2v) is 8.39. The first-order valence-corrected chi connectivity index (χ1v) is 9.38. The maximum Gasteiger partial charge on any atom is 0.302 e. The Balaban J connectivity index is 2.15. The van der Waals surface area contributed by atoms with Crippen molar-refractivity contribution in [1.82, 2.24) is 0 Å². The molecule has 5 atom stereocenters. The van der Waals surface area contributed by atoms with Crippen LogP contribution in [0.2, 0.25) is 0 Å². The van der Waals surface area contributed by atoms with E-state index in [-0.39, 0.29) is 11.4 Å². The molecule has 0 heterocycles. The molecule has 1 fully saturated rings. The Morgan fingerprint density at radius 1 is 1.54 bits per heavy atom. The summed E-state index contributed by atoms with van der Waals surface area (Å²) in [6.45, 7) is 12.2. The number of hydrogen-bond acceptors (Lipinski definition) is 3. The minimum absolute atomic E-state index is 0.130. The number of hydrogen-bond donors (Lipinski definition) is 1. The molecule has 24 heavy (non-hydrogen) atoms. The zero-order chi connectivity index (χ0) is 18.0. The van der Waals surface area contributed by atoms with Gasteiger partial charge in [0.15, 0.2) is 0 Å². The van der Waals surface area contributed by atoms with Crippen molar-refractivity contribution < 1.29 is 14.6 Å². The second-order valence-electron chi connectivity index (χ2n) is 8.39. The van der Waals surface area contributed by atoms with Gasteiger partial charge in [-0.3, -0.25) is 4.79 Å². The van der Waals surface area contributed by atoms with E-state index in [2.05, 4.69) is 26.5 Å². The monoisotopic (exact) mass is 334 g/mol. The molecule has 0 aromatic heterocycles. The van der Waals surface area contributed by atoms with E-state index in [9.17, 15) is 9.90 Å². The lowest BCUT2D eigenvalue weighted by atomic mass is 9.53. The number of fused-ring (bicyclic) bond motifs is 1. The number of ether oxygens (including phenoxy) is 1. The molecule has 2 aliphatic rings. The fourth-order valence-electron chi connectivity index (χ4n) is 4.85. The Bertz CT molecular complexity index is 505. The highest BCUT2D eigenvalue weighted by Crippen LogP contribution is 2.56. The van der Waals surface area contributed by atoms with Crippen molar-refractivity contribution in [3.63, 3.8) is 0 Å². The summed E-state index contributed by atoms with van der Waals surface area (Å²) in [4.78, 5) is 11.2. The lowest BCUT2D eigenvalue weighted by molar-refractivity contribution is -0.140. The van der Waals surface area contributed by atoms with Gasteiger partial charge >= 0.3 is 5.97 Å². The minimum Gasteiger partial charge on any atom is -0.461 e. The third-order valence-electron chi connectivity index (χ3n) is 6.64. The van der Waals surface area contributed by atoms with Crippen LogP contribution in [0.25, 0.3) is 0 Å². The zero-order valence-electron chi connectivity index (χ0n) is 15.8. The van der Waals surface area contributed by atoms with Gasteiger partial charge in [0, 0.05) is 6.92 Å². The summed E-state index contributed by atoms with van der Waals surface area (Å²) in [5.41, 5.74) is 0.658. The van der Waals surface area contributed by atoms with E-state index in [0.29, 0.717) is 24.4 Å². The molecule has 0 aromatic rings. The maximum absolute atomic E-state index is 11.2. The number of esters is 1. The van der Waals surface area contributed by atoms with Gasteiger partial charge in [-0.05, 0) is 74.2 Å². The van der Waals surface area contributed by atoms with Crippen LogP contribution in [0.3, 0.4) is 0 Å². The molecule has 0 amide bonds. The van der Waals surface area contributed by atoms with Crippen LogP contribution in [0, 0.1) is 23.2 Å². The molecule has 0 spiro atoms. The zero-order valence-corrected chi connectivity index (χ0v) is 15.8. The lowest BCUT2D eigenvalue weighted by Crippen LogP contribution is -2.45. The number of allylic oxidation sites excluding steroid dienone is 1. The van der Waals surface area contributed by atoms with E-state index in [0.717, 1.165) is 19.3 Å². The van der Waals surface area contributed by atoms with Crippen molar-refractivity contribution in [2.45, 2.75) is 71.8 Å². The predicted octanol–water partition coefficient (Wildman–Crippen LogP) is 4.66. The van der Waals surface area contributed by atoms with Gasteiger partial charge in [-0.1, -0.05) is 26.0 Å². The van der Waals surface area contributed by atoms with Crippen LogP contribution in [0.15, 0.2) is 24.3 Å². The predicted molar refractivity (Wildman–Crippen MR) is 97.5 cm³/mol. The van der Waals surface area contributed by atoms with Crippen molar-refractivity contribution >= 4 is 5.97 Å². The van der Waals surface area contributed by atoms with Crippen LogP contribution >= 0.6 is 0 Å². The van der Waals surface area contributed by atoms with Crippen LogP contribution in [0.1, 0.15) is 66.2 Å². The van der Waals surface area contributed by atoms with E-state index >= 15 is 0 Å². The Labute approximate surface area is 147 Å². The van der Waals surface area contributed by atoms with Crippen LogP contribution in [-0.4, -0.2) is 23.3 Å². The number of rotatable bonds is 6. The molecule has 1 unspecified atom stereocenters. The topological polar surface area (TPSA) is 46.5 Å². The third kappa shape index (κ3) is 4.11. The van der Waals surface area contributed by atoms with Crippen molar-refractivity contribution in [3.05, 3.63) is 24.3 Å². The quantitative estimate of drug-likeness (QED) is 0.568. The van der Waals surface area contributed by atoms with Crippen LogP contribution in [0.4, 0.5) is 0 Å². The van der Waals surface area contributed by atoms with Gasteiger partial charge in [0.1, 0.15) is 6.61 Å². The molecule has 1 N–H and O–H groups in total. The molecular weight excluding hydrogens is 300 g/mol. The Kier molecular flexibility index (Phi) is 5.95. The van der Waals surface area contributed by atoms with Crippen LogP contribution in [-0.2, 0) is 9.53 Å². The molecule has 0 aromatic carbocycles. The van der Waals surface area contributed by atoms with E-state index in [4.69, 9.17) is 4.74 Å². The first kappa shape index (κ1) is 19.2. The van der Waals surface area contributed by atoms with Crippen LogP contribution < -0.4 is 0 Å². The molecule has 0 saturated heterocycles. The fraction of sp³-hybridized carbons (Fsp3) is 0.762. The van der Waals surface area contributed by atoms with Gasteiger partial charge in [-0.25, -0.2) is 0 Å². The normalized spacial score (nSPS) is 35.4. The number of carbonyl (C=O) groups is 1. The van der Waals surface area contributed by atoms with Crippen molar-refractivity contribution in [2.24, 2.45) is 23.2 Å². The largest absolute Gasteiger partial charge is 0.461 e. The van der Waals surface area contributed by atoms with E-state index in [1.807, 2.05) is 6.92 Å². The van der Waals surface area contributed by atoms with Gasteiger partial charge in [0.05, 0.1) is 5.60 Å². The SMILES string of the molecule is C=CC(C)(O)CC[C@H]1[C@H](C)CC[C@]2(C)C(COC(C)=O)=CCC[C@H]12. The summed E-state index contributed by atoms with van der Waals surface area (Å²) >= 11 is 0. The van der Waals surface area contributed by atoms with Crippen LogP contribution in [0.5, 0.6) is 0 Å². The number of aliphatic hydroxyl groups is 1.